The van der Waals surface area contributed by atoms with Gasteiger partial charge in [-0.15, -0.1) is 0 Å². The highest BCUT2D eigenvalue weighted by Crippen LogP contribution is 2.27. The molecule has 2 aromatic rings. The van der Waals surface area contributed by atoms with Crippen molar-refractivity contribution in [3.8, 4) is 11.6 Å². The van der Waals surface area contributed by atoms with E-state index in [1.165, 1.54) is 0 Å². The van der Waals surface area contributed by atoms with Crippen molar-refractivity contribution in [1.82, 2.24) is 9.97 Å². The molecule has 5 heteroatoms. The second-order valence-corrected chi connectivity index (χ2v) is 4.53. The van der Waals surface area contributed by atoms with Crippen LogP contribution in [-0.2, 0) is 11.3 Å². The molecule has 0 spiro atoms. The zero-order valence-electron chi connectivity index (χ0n) is 11.1. The highest BCUT2D eigenvalue weighted by atomic mass is 35.5. The van der Waals surface area contributed by atoms with Crippen molar-refractivity contribution in [2.45, 2.75) is 20.5 Å². The van der Waals surface area contributed by atoms with E-state index in [1.54, 1.807) is 7.11 Å². The van der Waals surface area contributed by atoms with Crippen LogP contribution >= 0.6 is 11.6 Å². The van der Waals surface area contributed by atoms with Crippen molar-refractivity contribution in [2.24, 2.45) is 0 Å². The summed E-state index contributed by atoms with van der Waals surface area (Å²) in [6.45, 7) is 4.26. The van der Waals surface area contributed by atoms with Gasteiger partial charge in [-0.3, -0.25) is 0 Å². The number of aryl methyl sites for hydroxylation is 2. The molecule has 4 nitrogen and oxygen atoms in total. The van der Waals surface area contributed by atoms with E-state index < -0.39 is 0 Å². The minimum absolute atomic E-state index is 0.264. The van der Waals surface area contributed by atoms with Crippen molar-refractivity contribution in [1.29, 1.82) is 0 Å². The van der Waals surface area contributed by atoms with Crippen molar-refractivity contribution in [3.63, 3.8) is 0 Å². The van der Waals surface area contributed by atoms with E-state index in [1.807, 2.05) is 38.1 Å². The lowest BCUT2D eigenvalue weighted by Crippen LogP contribution is -1.97. The first-order chi connectivity index (χ1) is 9.10. The van der Waals surface area contributed by atoms with Gasteiger partial charge in [0.1, 0.15) is 5.75 Å². The Bertz CT molecular complexity index is 588. The zero-order chi connectivity index (χ0) is 13.8. The number of halogens is 1. The van der Waals surface area contributed by atoms with Crippen molar-refractivity contribution >= 4 is 11.6 Å². The molecule has 0 unspecified atom stereocenters. The summed E-state index contributed by atoms with van der Waals surface area (Å²) in [6.07, 6.45) is 0. The molecule has 0 radical (unpaired) electrons. The quantitative estimate of drug-likeness (QED) is 0.856. The molecule has 0 saturated carbocycles. The van der Waals surface area contributed by atoms with Gasteiger partial charge < -0.3 is 9.47 Å². The van der Waals surface area contributed by atoms with Crippen LogP contribution in [0.5, 0.6) is 11.6 Å². The van der Waals surface area contributed by atoms with E-state index in [9.17, 15) is 0 Å². The monoisotopic (exact) mass is 278 g/mol. The minimum atomic E-state index is 0.264. The van der Waals surface area contributed by atoms with Crippen LogP contribution in [0.2, 0.25) is 5.15 Å². The molecule has 0 saturated heterocycles. The largest absolute Gasteiger partial charge is 0.436 e. The molecule has 0 amide bonds. The fourth-order valence-electron chi connectivity index (χ4n) is 1.60. The highest BCUT2D eigenvalue weighted by Gasteiger charge is 2.09. The first-order valence-corrected chi connectivity index (χ1v) is 6.24. The van der Waals surface area contributed by atoms with Gasteiger partial charge in [-0.25, -0.2) is 9.97 Å². The van der Waals surface area contributed by atoms with Gasteiger partial charge in [-0.1, -0.05) is 23.7 Å². The maximum atomic E-state index is 6.03. The number of ether oxygens (including phenoxy) is 2. The van der Waals surface area contributed by atoms with E-state index in [2.05, 4.69) is 9.97 Å². The minimum Gasteiger partial charge on any atom is -0.436 e. The Hall–Kier alpha value is -1.65. The highest BCUT2D eigenvalue weighted by molar-refractivity contribution is 6.30. The Morgan fingerprint density at radius 2 is 1.89 bits per heavy atom. The summed E-state index contributed by atoms with van der Waals surface area (Å²) in [7, 11) is 1.65. The first kappa shape index (κ1) is 13.8. The number of hydrogen-bond acceptors (Lipinski definition) is 4. The number of hydrogen-bond donors (Lipinski definition) is 0. The zero-order valence-corrected chi connectivity index (χ0v) is 11.9. The Kier molecular flexibility index (Phi) is 4.35. The second kappa shape index (κ2) is 5.99. The molecule has 0 atom stereocenters. The van der Waals surface area contributed by atoms with Crippen molar-refractivity contribution in [2.75, 3.05) is 7.11 Å². The van der Waals surface area contributed by atoms with Crippen LogP contribution < -0.4 is 4.74 Å². The fourth-order valence-corrected chi connectivity index (χ4v) is 1.80. The molecule has 0 fully saturated rings. The van der Waals surface area contributed by atoms with E-state index in [0.29, 0.717) is 18.2 Å². The van der Waals surface area contributed by atoms with Crippen LogP contribution in [0, 0.1) is 13.8 Å². The molecule has 100 valence electrons. The molecule has 0 N–H and O–H groups in total. The summed E-state index contributed by atoms with van der Waals surface area (Å²) >= 11 is 6.03. The summed E-state index contributed by atoms with van der Waals surface area (Å²) in [6, 6.07) is 7.58. The summed E-state index contributed by atoms with van der Waals surface area (Å²) < 4.78 is 10.8. The van der Waals surface area contributed by atoms with Gasteiger partial charge in [0.25, 0.3) is 5.88 Å². The lowest BCUT2D eigenvalue weighted by Gasteiger charge is -2.09. The van der Waals surface area contributed by atoms with Gasteiger partial charge in [0.2, 0.25) is 0 Å². The van der Waals surface area contributed by atoms with Crippen LogP contribution in [0.15, 0.2) is 24.3 Å². The van der Waals surface area contributed by atoms with Crippen LogP contribution in [0.4, 0.5) is 0 Å². The summed E-state index contributed by atoms with van der Waals surface area (Å²) in [5, 5.41) is 0.264. The lowest BCUT2D eigenvalue weighted by molar-refractivity contribution is 0.184. The van der Waals surface area contributed by atoms with Gasteiger partial charge in [-0.05, 0) is 31.5 Å². The molecule has 0 aliphatic heterocycles. The van der Waals surface area contributed by atoms with E-state index in [-0.39, 0.29) is 5.15 Å². The van der Waals surface area contributed by atoms with Crippen molar-refractivity contribution < 1.29 is 9.47 Å². The molecule has 19 heavy (non-hydrogen) atoms. The second-order valence-electron chi connectivity index (χ2n) is 4.17. The van der Waals surface area contributed by atoms with Crippen molar-refractivity contribution in [3.05, 3.63) is 46.4 Å². The summed E-state index contributed by atoms with van der Waals surface area (Å²) in [4.78, 5) is 8.48. The average Bonchev–Trinajstić information content (AvgIpc) is 2.37. The molecule has 1 aromatic heterocycles. The van der Waals surface area contributed by atoms with Crippen LogP contribution in [0.25, 0.3) is 0 Å². The molecule has 1 aromatic carbocycles. The number of rotatable bonds is 4. The topological polar surface area (TPSA) is 44.2 Å². The standard InChI is InChI=1S/C14H15ClN2O2/c1-9-10(2)17-14(13(15)16-9)19-12-6-4-5-11(7-12)8-18-3/h4-7H,8H2,1-3H3. The van der Waals surface area contributed by atoms with Gasteiger partial charge in [0.05, 0.1) is 18.0 Å². The third-order valence-corrected chi connectivity index (χ3v) is 2.91. The van der Waals surface area contributed by atoms with E-state index in [4.69, 9.17) is 21.1 Å². The molecule has 1 heterocycles. The number of nitrogens with zero attached hydrogens (tertiary/aromatic N) is 2. The van der Waals surface area contributed by atoms with Gasteiger partial charge in [0, 0.05) is 7.11 Å². The summed E-state index contributed by atoms with van der Waals surface area (Å²) in [5.41, 5.74) is 2.62. The van der Waals surface area contributed by atoms with Gasteiger partial charge in [-0.2, -0.15) is 0 Å². The molecular weight excluding hydrogens is 264 g/mol. The Labute approximate surface area is 117 Å². The van der Waals surface area contributed by atoms with E-state index >= 15 is 0 Å². The molecular formula is C14H15ClN2O2. The van der Waals surface area contributed by atoms with Gasteiger partial charge >= 0.3 is 0 Å². The molecule has 0 aliphatic rings. The Balaban J connectivity index is 2.25. The van der Waals surface area contributed by atoms with Crippen LogP contribution in [0.1, 0.15) is 17.0 Å². The maximum Gasteiger partial charge on any atom is 0.257 e. The van der Waals surface area contributed by atoms with E-state index in [0.717, 1.165) is 17.0 Å². The maximum absolute atomic E-state index is 6.03. The van der Waals surface area contributed by atoms with Crippen LogP contribution in [0.3, 0.4) is 0 Å². The molecule has 0 bridgehead atoms. The van der Waals surface area contributed by atoms with Crippen LogP contribution in [-0.4, -0.2) is 17.1 Å². The average molecular weight is 279 g/mol. The predicted molar refractivity (Wildman–Crippen MR) is 73.7 cm³/mol. The normalized spacial score (nSPS) is 10.5. The fraction of sp³-hybridized carbons (Fsp3) is 0.286. The third-order valence-electron chi connectivity index (χ3n) is 2.66. The number of aromatic nitrogens is 2. The van der Waals surface area contributed by atoms with Gasteiger partial charge in [0.15, 0.2) is 5.15 Å². The number of benzene rings is 1. The smallest absolute Gasteiger partial charge is 0.257 e. The molecule has 0 aliphatic carbocycles. The predicted octanol–water partition coefficient (Wildman–Crippen LogP) is 3.69. The third kappa shape index (κ3) is 3.43. The first-order valence-electron chi connectivity index (χ1n) is 5.86. The SMILES string of the molecule is COCc1cccc(Oc2nc(C)c(C)nc2Cl)c1. The summed E-state index contributed by atoms with van der Waals surface area (Å²) in [5.74, 6) is 0.980. The number of methoxy groups -OCH3 is 1. The lowest BCUT2D eigenvalue weighted by atomic mass is 10.2. The Morgan fingerprint density at radius 1 is 1.16 bits per heavy atom. The Morgan fingerprint density at radius 3 is 2.63 bits per heavy atom. The molecule has 2 rings (SSSR count).